The molecule has 1 rings (SSSR count). The quantitative estimate of drug-likeness (QED) is 0.852. The molecule has 0 bridgehead atoms. The van der Waals surface area contributed by atoms with E-state index in [2.05, 4.69) is 5.32 Å². The highest BCUT2D eigenvalue weighted by molar-refractivity contribution is 5.32. The average Bonchev–Trinajstić information content (AvgIpc) is 2.18. The summed E-state index contributed by atoms with van der Waals surface area (Å²) in [5, 5.41) is 2.90. The second-order valence-corrected chi connectivity index (χ2v) is 4.46. The van der Waals surface area contributed by atoms with Crippen LogP contribution in [-0.4, -0.2) is 12.2 Å². The van der Waals surface area contributed by atoms with Crippen molar-refractivity contribution >= 4 is 0 Å². The zero-order chi connectivity index (χ0) is 13.1. The van der Waals surface area contributed by atoms with Gasteiger partial charge >= 0.3 is 6.18 Å². The van der Waals surface area contributed by atoms with Crippen LogP contribution in [0, 0.1) is 13.8 Å². The SMILES string of the molecule is Cc1cccc(CNC(C)CC(F)(F)F)c1C. The standard InChI is InChI=1S/C13H18F3N/c1-9-5-4-6-12(11(9)3)8-17-10(2)7-13(14,15)16/h4-6,10,17H,7-8H2,1-3H3. The minimum atomic E-state index is -4.10. The van der Waals surface area contributed by atoms with Crippen LogP contribution < -0.4 is 5.32 Å². The molecule has 0 aliphatic carbocycles. The first kappa shape index (κ1) is 14.0. The predicted octanol–water partition coefficient (Wildman–Crippen LogP) is 3.73. The van der Waals surface area contributed by atoms with Crippen LogP contribution in [0.4, 0.5) is 13.2 Å². The molecular formula is C13H18F3N. The average molecular weight is 245 g/mol. The minimum Gasteiger partial charge on any atom is -0.310 e. The summed E-state index contributed by atoms with van der Waals surface area (Å²) in [5.41, 5.74) is 3.35. The Morgan fingerprint density at radius 3 is 2.47 bits per heavy atom. The Morgan fingerprint density at radius 1 is 1.24 bits per heavy atom. The molecule has 0 fully saturated rings. The maximum atomic E-state index is 12.1. The number of aryl methyl sites for hydroxylation is 1. The lowest BCUT2D eigenvalue weighted by atomic mass is 10.0. The van der Waals surface area contributed by atoms with Gasteiger partial charge in [-0.25, -0.2) is 0 Å². The summed E-state index contributed by atoms with van der Waals surface area (Å²) in [6.45, 7) is 6.02. The fourth-order valence-electron chi connectivity index (χ4n) is 1.71. The van der Waals surface area contributed by atoms with E-state index in [0.717, 1.165) is 16.7 Å². The lowest BCUT2D eigenvalue weighted by Gasteiger charge is -2.17. The van der Waals surface area contributed by atoms with Gasteiger partial charge in [0.25, 0.3) is 0 Å². The van der Waals surface area contributed by atoms with Gasteiger partial charge in [0, 0.05) is 12.6 Å². The van der Waals surface area contributed by atoms with Crippen molar-refractivity contribution in [3.05, 3.63) is 34.9 Å². The number of rotatable bonds is 4. The van der Waals surface area contributed by atoms with Crippen LogP contribution in [0.1, 0.15) is 30.0 Å². The lowest BCUT2D eigenvalue weighted by Crippen LogP contribution is -2.30. The molecule has 0 spiro atoms. The van der Waals surface area contributed by atoms with Crippen LogP contribution in [0.3, 0.4) is 0 Å². The van der Waals surface area contributed by atoms with Gasteiger partial charge in [0.2, 0.25) is 0 Å². The molecule has 0 aliphatic heterocycles. The molecule has 0 aliphatic rings. The van der Waals surface area contributed by atoms with Gasteiger partial charge < -0.3 is 5.32 Å². The van der Waals surface area contributed by atoms with Crippen LogP contribution in [0.5, 0.6) is 0 Å². The third-order valence-electron chi connectivity index (χ3n) is 2.90. The molecule has 96 valence electrons. The van der Waals surface area contributed by atoms with E-state index >= 15 is 0 Å². The van der Waals surface area contributed by atoms with Gasteiger partial charge in [-0.15, -0.1) is 0 Å². The molecule has 1 aromatic carbocycles. The summed E-state index contributed by atoms with van der Waals surface area (Å²) in [4.78, 5) is 0. The monoisotopic (exact) mass is 245 g/mol. The zero-order valence-electron chi connectivity index (χ0n) is 10.4. The molecule has 0 saturated carbocycles. The van der Waals surface area contributed by atoms with E-state index in [1.165, 1.54) is 0 Å². The summed E-state index contributed by atoms with van der Waals surface area (Å²) >= 11 is 0. The molecule has 4 heteroatoms. The maximum absolute atomic E-state index is 12.1. The highest BCUT2D eigenvalue weighted by Gasteiger charge is 2.29. The second-order valence-electron chi connectivity index (χ2n) is 4.46. The van der Waals surface area contributed by atoms with Gasteiger partial charge in [0.15, 0.2) is 0 Å². The lowest BCUT2D eigenvalue weighted by molar-refractivity contribution is -0.139. The van der Waals surface area contributed by atoms with E-state index in [0.29, 0.717) is 6.54 Å². The number of hydrogen-bond donors (Lipinski definition) is 1. The van der Waals surface area contributed by atoms with Crippen molar-refractivity contribution in [3.8, 4) is 0 Å². The summed E-state index contributed by atoms with van der Waals surface area (Å²) in [7, 11) is 0. The predicted molar refractivity (Wildman–Crippen MR) is 62.9 cm³/mol. The van der Waals surface area contributed by atoms with E-state index < -0.39 is 18.6 Å². The molecule has 0 saturated heterocycles. The summed E-state index contributed by atoms with van der Waals surface area (Å²) in [6.07, 6.45) is -4.90. The molecule has 1 atom stereocenters. The van der Waals surface area contributed by atoms with Gasteiger partial charge in [0.1, 0.15) is 0 Å². The Labute approximate surface area is 100 Å². The Hall–Kier alpha value is -1.03. The number of nitrogens with one attached hydrogen (secondary N) is 1. The molecule has 17 heavy (non-hydrogen) atoms. The summed E-state index contributed by atoms with van der Waals surface area (Å²) in [5.74, 6) is 0. The number of alkyl halides is 3. The van der Waals surface area contributed by atoms with Crippen LogP contribution in [-0.2, 0) is 6.54 Å². The highest BCUT2D eigenvalue weighted by atomic mass is 19.4. The Bertz CT molecular complexity index is 371. The number of halogens is 3. The van der Waals surface area contributed by atoms with Crippen molar-refractivity contribution in [1.29, 1.82) is 0 Å². The Balaban J connectivity index is 2.53. The minimum absolute atomic E-state index is 0.477. The van der Waals surface area contributed by atoms with E-state index in [1.807, 2.05) is 32.0 Å². The molecule has 0 radical (unpaired) electrons. The fourth-order valence-corrected chi connectivity index (χ4v) is 1.71. The van der Waals surface area contributed by atoms with E-state index in [-0.39, 0.29) is 0 Å². The fraction of sp³-hybridized carbons (Fsp3) is 0.538. The van der Waals surface area contributed by atoms with Crippen molar-refractivity contribution < 1.29 is 13.2 Å². The molecule has 0 heterocycles. The van der Waals surface area contributed by atoms with Gasteiger partial charge in [0.05, 0.1) is 6.42 Å². The molecule has 1 nitrogen and oxygen atoms in total. The third kappa shape index (κ3) is 4.77. The molecule has 1 aromatic rings. The summed E-state index contributed by atoms with van der Waals surface area (Å²) in [6, 6.07) is 5.30. The summed E-state index contributed by atoms with van der Waals surface area (Å²) < 4.78 is 36.4. The van der Waals surface area contributed by atoms with Gasteiger partial charge in [-0.05, 0) is 37.5 Å². The van der Waals surface area contributed by atoms with Crippen molar-refractivity contribution in [2.24, 2.45) is 0 Å². The van der Waals surface area contributed by atoms with E-state index in [1.54, 1.807) is 6.92 Å². The van der Waals surface area contributed by atoms with Crippen LogP contribution in [0.25, 0.3) is 0 Å². The first-order valence-corrected chi connectivity index (χ1v) is 5.65. The zero-order valence-corrected chi connectivity index (χ0v) is 10.4. The van der Waals surface area contributed by atoms with Crippen molar-refractivity contribution in [1.82, 2.24) is 5.32 Å². The van der Waals surface area contributed by atoms with Gasteiger partial charge in [-0.2, -0.15) is 13.2 Å². The molecule has 0 aromatic heterocycles. The highest BCUT2D eigenvalue weighted by Crippen LogP contribution is 2.21. The van der Waals surface area contributed by atoms with Gasteiger partial charge in [-0.3, -0.25) is 0 Å². The first-order valence-electron chi connectivity index (χ1n) is 5.65. The van der Waals surface area contributed by atoms with E-state index in [9.17, 15) is 13.2 Å². The Morgan fingerprint density at radius 2 is 1.88 bits per heavy atom. The first-order chi connectivity index (χ1) is 7.79. The number of hydrogen-bond acceptors (Lipinski definition) is 1. The van der Waals surface area contributed by atoms with E-state index in [4.69, 9.17) is 0 Å². The normalized spacial score (nSPS) is 13.8. The molecule has 0 amide bonds. The molecule has 1 N–H and O–H groups in total. The topological polar surface area (TPSA) is 12.0 Å². The third-order valence-corrected chi connectivity index (χ3v) is 2.90. The second kappa shape index (κ2) is 5.54. The Kier molecular flexibility index (Phi) is 4.57. The molecule has 1 unspecified atom stereocenters. The molecular weight excluding hydrogens is 227 g/mol. The van der Waals surface area contributed by atoms with Crippen LogP contribution >= 0.6 is 0 Å². The van der Waals surface area contributed by atoms with Crippen LogP contribution in [0.2, 0.25) is 0 Å². The van der Waals surface area contributed by atoms with Crippen LogP contribution in [0.15, 0.2) is 18.2 Å². The number of benzene rings is 1. The smallest absolute Gasteiger partial charge is 0.310 e. The largest absolute Gasteiger partial charge is 0.390 e. The van der Waals surface area contributed by atoms with Crippen molar-refractivity contribution in [2.75, 3.05) is 0 Å². The van der Waals surface area contributed by atoms with Crippen molar-refractivity contribution in [2.45, 2.75) is 46.0 Å². The maximum Gasteiger partial charge on any atom is 0.390 e. The van der Waals surface area contributed by atoms with Crippen molar-refractivity contribution in [3.63, 3.8) is 0 Å². The van der Waals surface area contributed by atoms with Gasteiger partial charge in [-0.1, -0.05) is 18.2 Å².